The molecule has 0 radical (unpaired) electrons. The summed E-state index contributed by atoms with van der Waals surface area (Å²) in [5.41, 5.74) is 0.724. The van der Waals surface area contributed by atoms with Gasteiger partial charge in [0.15, 0.2) is 0 Å². The van der Waals surface area contributed by atoms with Gasteiger partial charge in [-0.2, -0.15) is 0 Å². The standard InChI is InChI=1S/C14H17N3O4/c1-21-9-7-16(6-8-18)14-5-2-11-10-12(17(19)20)3-4-13(11)15-14/h2-5,10,18H,6-9H2,1H3. The molecule has 7 nitrogen and oxygen atoms in total. The molecule has 0 saturated heterocycles. The third-order valence-corrected chi connectivity index (χ3v) is 3.13. The number of fused-ring (bicyclic) bond motifs is 1. The summed E-state index contributed by atoms with van der Waals surface area (Å²) < 4.78 is 5.04. The second kappa shape index (κ2) is 6.96. The SMILES string of the molecule is COCCN(CCO)c1ccc2cc([N+](=O)[O-])ccc2n1. The first-order chi connectivity index (χ1) is 10.2. The number of hydrogen-bond donors (Lipinski definition) is 1. The largest absolute Gasteiger partial charge is 0.395 e. The molecule has 0 spiro atoms. The highest BCUT2D eigenvalue weighted by molar-refractivity contribution is 5.82. The number of non-ortho nitro benzene ring substituents is 1. The highest BCUT2D eigenvalue weighted by atomic mass is 16.6. The van der Waals surface area contributed by atoms with Gasteiger partial charge in [-0.1, -0.05) is 0 Å². The second-order valence-electron chi connectivity index (χ2n) is 4.51. The maximum absolute atomic E-state index is 10.8. The summed E-state index contributed by atoms with van der Waals surface area (Å²) in [6.45, 7) is 1.61. The van der Waals surface area contributed by atoms with Crippen LogP contribution in [0.1, 0.15) is 0 Å². The summed E-state index contributed by atoms with van der Waals surface area (Å²) in [6.07, 6.45) is 0. The van der Waals surface area contributed by atoms with E-state index in [0.717, 1.165) is 0 Å². The van der Waals surface area contributed by atoms with E-state index in [1.54, 1.807) is 25.3 Å². The normalized spacial score (nSPS) is 10.8. The molecule has 0 saturated carbocycles. The molecule has 0 aliphatic rings. The Labute approximate surface area is 121 Å². The molecule has 0 bridgehead atoms. The summed E-state index contributed by atoms with van der Waals surface area (Å²) >= 11 is 0. The van der Waals surface area contributed by atoms with Gasteiger partial charge in [0.1, 0.15) is 5.82 Å². The number of aromatic nitrogens is 1. The van der Waals surface area contributed by atoms with Gasteiger partial charge in [-0.3, -0.25) is 10.1 Å². The lowest BCUT2D eigenvalue weighted by Crippen LogP contribution is -2.30. The molecule has 1 heterocycles. The summed E-state index contributed by atoms with van der Waals surface area (Å²) in [4.78, 5) is 16.7. The number of benzene rings is 1. The predicted octanol–water partition coefficient (Wildman–Crippen LogP) is 1.59. The number of anilines is 1. The van der Waals surface area contributed by atoms with E-state index in [9.17, 15) is 10.1 Å². The molecule has 2 rings (SSSR count). The van der Waals surface area contributed by atoms with Crippen LogP contribution >= 0.6 is 0 Å². The number of ether oxygens (including phenoxy) is 1. The minimum Gasteiger partial charge on any atom is -0.395 e. The van der Waals surface area contributed by atoms with Crippen molar-refractivity contribution in [2.24, 2.45) is 0 Å². The Morgan fingerprint density at radius 1 is 1.33 bits per heavy atom. The quantitative estimate of drug-likeness (QED) is 0.615. The van der Waals surface area contributed by atoms with Crippen molar-refractivity contribution in [1.29, 1.82) is 0 Å². The Kier molecular flexibility index (Phi) is 5.02. The van der Waals surface area contributed by atoms with Gasteiger partial charge in [0, 0.05) is 37.7 Å². The van der Waals surface area contributed by atoms with Crippen LogP contribution < -0.4 is 4.90 Å². The molecular formula is C14H17N3O4. The summed E-state index contributed by atoms with van der Waals surface area (Å²) in [5, 5.41) is 20.6. The molecule has 0 aliphatic heterocycles. The van der Waals surface area contributed by atoms with Gasteiger partial charge < -0.3 is 14.7 Å². The number of nitrogens with zero attached hydrogens (tertiary/aromatic N) is 3. The number of hydrogen-bond acceptors (Lipinski definition) is 6. The third kappa shape index (κ3) is 3.65. The van der Waals surface area contributed by atoms with Gasteiger partial charge in [-0.05, 0) is 18.2 Å². The Hall–Kier alpha value is -2.25. The maximum atomic E-state index is 10.8. The van der Waals surface area contributed by atoms with Crippen LogP contribution in [0.25, 0.3) is 10.9 Å². The molecule has 0 fully saturated rings. The van der Waals surface area contributed by atoms with Crippen molar-refractivity contribution in [3.05, 3.63) is 40.4 Å². The summed E-state index contributed by atoms with van der Waals surface area (Å²) in [5.74, 6) is 0.711. The van der Waals surface area contributed by atoms with Crippen molar-refractivity contribution in [2.45, 2.75) is 0 Å². The van der Waals surface area contributed by atoms with Crippen LogP contribution in [0.4, 0.5) is 11.5 Å². The van der Waals surface area contributed by atoms with E-state index in [1.807, 2.05) is 4.90 Å². The number of pyridine rings is 1. The zero-order valence-corrected chi connectivity index (χ0v) is 11.7. The maximum Gasteiger partial charge on any atom is 0.270 e. The zero-order chi connectivity index (χ0) is 15.2. The van der Waals surface area contributed by atoms with Crippen LogP contribution in [0.5, 0.6) is 0 Å². The molecule has 2 aromatic rings. The van der Waals surface area contributed by atoms with Gasteiger partial charge in [0.25, 0.3) is 5.69 Å². The highest BCUT2D eigenvalue weighted by Gasteiger charge is 2.10. The third-order valence-electron chi connectivity index (χ3n) is 3.13. The monoisotopic (exact) mass is 291 g/mol. The van der Waals surface area contributed by atoms with E-state index in [4.69, 9.17) is 9.84 Å². The van der Waals surface area contributed by atoms with Gasteiger partial charge in [-0.25, -0.2) is 4.98 Å². The van der Waals surface area contributed by atoms with Crippen LogP contribution in [0, 0.1) is 10.1 Å². The Bertz CT molecular complexity index is 633. The molecule has 0 amide bonds. The number of nitro groups is 1. The first-order valence-electron chi connectivity index (χ1n) is 6.55. The lowest BCUT2D eigenvalue weighted by atomic mass is 10.2. The van der Waals surface area contributed by atoms with E-state index < -0.39 is 4.92 Å². The van der Waals surface area contributed by atoms with E-state index >= 15 is 0 Å². The Morgan fingerprint density at radius 3 is 2.81 bits per heavy atom. The van der Waals surface area contributed by atoms with Crippen molar-refractivity contribution >= 4 is 22.4 Å². The van der Waals surface area contributed by atoms with Crippen molar-refractivity contribution in [2.75, 3.05) is 38.3 Å². The van der Waals surface area contributed by atoms with E-state index in [-0.39, 0.29) is 12.3 Å². The molecule has 0 atom stereocenters. The number of rotatable bonds is 7. The van der Waals surface area contributed by atoms with Crippen LogP contribution in [0.3, 0.4) is 0 Å². The molecule has 21 heavy (non-hydrogen) atoms. The van der Waals surface area contributed by atoms with Gasteiger partial charge in [-0.15, -0.1) is 0 Å². The average Bonchev–Trinajstić information content (AvgIpc) is 2.50. The molecule has 1 aromatic carbocycles. The van der Waals surface area contributed by atoms with Crippen LogP contribution in [-0.2, 0) is 4.74 Å². The first kappa shape index (κ1) is 15.1. The van der Waals surface area contributed by atoms with Crippen LogP contribution in [0.15, 0.2) is 30.3 Å². The minimum absolute atomic E-state index is 0.0176. The molecule has 0 unspecified atom stereocenters. The number of aliphatic hydroxyl groups excluding tert-OH is 1. The van der Waals surface area contributed by atoms with Gasteiger partial charge >= 0.3 is 0 Å². The lowest BCUT2D eigenvalue weighted by molar-refractivity contribution is -0.384. The van der Waals surface area contributed by atoms with Crippen molar-refractivity contribution in [1.82, 2.24) is 4.98 Å². The number of aliphatic hydroxyl groups is 1. The van der Waals surface area contributed by atoms with Gasteiger partial charge in [0.05, 0.1) is 23.7 Å². The van der Waals surface area contributed by atoms with Crippen molar-refractivity contribution in [3.63, 3.8) is 0 Å². The summed E-state index contributed by atoms with van der Waals surface area (Å²) in [6, 6.07) is 8.14. The number of methoxy groups -OCH3 is 1. The number of nitro benzene ring substituents is 1. The van der Waals surface area contributed by atoms with Gasteiger partial charge in [0.2, 0.25) is 0 Å². The lowest BCUT2D eigenvalue weighted by Gasteiger charge is -2.22. The van der Waals surface area contributed by atoms with E-state index in [2.05, 4.69) is 4.98 Å². The Morgan fingerprint density at radius 2 is 2.14 bits per heavy atom. The topological polar surface area (TPSA) is 88.7 Å². The zero-order valence-electron chi connectivity index (χ0n) is 11.7. The molecular weight excluding hydrogens is 274 g/mol. The molecule has 1 aromatic heterocycles. The highest BCUT2D eigenvalue weighted by Crippen LogP contribution is 2.22. The average molecular weight is 291 g/mol. The van der Waals surface area contributed by atoms with Crippen LogP contribution in [-0.4, -0.2) is 48.4 Å². The molecule has 0 aliphatic carbocycles. The smallest absolute Gasteiger partial charge is 0.270 e. The Balaban J connectivity index is 2.32. The molecule has 112 valence electrons. The minimum atomic E-state index is -0.427. The molecule has 1 N–H and O–H groups in total. The molecule has 7 heteroatoms. The second-order valence-corrected chi connectivity index (χ2v) is 4.51. The van der Waals surface area contributed by atoms with E-state index in [1.165, 1.54) is 12.1 Å². The van der Waals surface area contributed by atoms with Crippen molar-refractivity contribution < 1.29 is 14.8 Å². The fraction of sp³-hybridized carbons (Fsp3) is 0.357. The van der Waals surface area contributed by atoms with E-state index in [0.29, 0.717) is 36.4 Å². The summed E-state index contributed by atoms with van der Waals surface area (Å²) in [7, 11) is 1.62. The fourth-order valence-corrected chi connectivity index (χ4v) is 2.05. The predicted molar refractivity (Wildman–Crippen MR) is 79.6 cm³/mol. The fourth-order valence-electron chi connectivity index (χ4n) is 2.05. The van der Waals surface area contributed by atoms with Crippen molar-refractivity contribution in [3.8, 4) is 0 Å². The van der Waals surface area contributed by atoms with Crippen LogP contribution in [0.2, 0.25) is 0 Å². The first-order valence-corrected chi connectivity index (χ1v) is 6.55.